The number of ether oxygens (including phenoxy) is 1. The van der Waals surface area contributed by atoms with Crippen LogP contribution >= 0.6 is 0 Å². The average molecular weight is 240 g/mol. The summed E-state index contributed by atoms with van der Waals surface area (Å²) < 4.78 is 6.97. The molecule has 3 rings (SSSR count). The van der Waals surface area contributed by atoms with Crippen LogP contribution in [-0.4, -0.2) is 21.5 Å². The Bertz CT molecular complexity index is 705. The number of nitrogen functional groups attached to an aromatic ring is 1. The van der Waals surface area contributed by atoms with E-state index < -0.39 is 0 Å². The van der Waals surface area contributed by atoms with Crippen molar-refractivity contribution in [1.82, 2.24) is 14.4 Å². The lowest BCUT2D eigenvalue weighted by molar-refractivity contribution is 0.415. The van der Waals surface area contributed by atoms with Crippen LogP contribution in [0.1, 0.15) is 0 Å². The fourth-order valence-corrected chi connectivity index (χ4v) is 1.84. The molecule has 0 saturated heterocycles. The number of hydrogen-bond acceptors (Lipinski definition) is 4. The van der Waals surface area contributed by atoms with Crippen LogP contribution in [0.25, 0.3) is 16.9 Å². The molecule has 2 aromatic heterocycles. The summed E-state index contributed by atoms with van der Waals surface area (Å²) in [6, 6.07) is 7.80. The number of fused-ring (bicyclic) bond motifs is 1. The molecular formula is C13H12N4O. The van der Waals surface area contributed by atoms with Gasteiger partial charge < -0.3 is 10.5 Å². The van der Waals surface area contributed by atoms with Gasteiger partial charge in [0.25, 0.3) is 0 Å². The van der Waals surface area contributed by atoms with Gasteiger partial charge in [-0.15, -0.1) is 0 Å². The number of benzene rings is 1. The third-order valence-electron chi connectivity index (χ3n) is 2.80. The second kappa shape index (κ2) is 4.03. The van der Waals surface area contributed by atoms with E-state index in [1.54, 1.807) is 23.9 Å². The van der Waals surface area contributed by atoms with E-state index in [4.69, 9.17) is 10.5 Å². The lowest BCUT2D eigenvalue weighted by atomic mass is 10.1. The predicted molar refractivity (Wildman–Crippen MR) is 69.4 cm³/mol. The quantitative estimate of drug-likeness (QED) is 0.744. The summed E-state index contributed by atoms with van der Waals surface area (Å²) in [4.78, 5) is 8.35. The fourth-order valence-electron chi connectivity index (χ4n) is 1.84. The Balaban J connectivity index is 2.15. The fraction of sp³-hybridized carbons (Fsp3) is 0.0769. The number of nitrogens with two attached hydrogens (primary N) is 1. The maximum Gasteiger partial charge on any atom is 0.235 e. The van der Waals surface area contributed by atoms with Crippen molar-refractivity contribution in [2.24, 2.45) is 0 Å². The molecule has 0 amide bonds. The van der Waals surface area contributed by atoms with Crippen LogP contribution in [0.15, 0.2) is 42.9 Å². The largest absolute Gasteiger partial charge is 0.497 e. The SMILES string of the molecule is COc1cccc(-c2cnc3ncc(N)n3c2)c1. The predicted octanol–water partition coefficient (Wildman–Crippen LogP) is 1.99. The van der Waals surface area contributed by atoms with Crippen LogP contribution in [-0.2, 0) is 0 Å². The minimum atomic E-state index is 0.572. The summed E-state index contributed by atoms with van der Waals surface area (Å²) in [6.07, 6.45) is 5.29. The molecule has 0 aliphatic rings. The molecule has 0 fully saturated rings. The van der Waals surface area contributed by atoms with Gasteiger partial charge in [0.2, 0.25) is 5.78 Å². The number of nitrogens with zero attached hydrogens (tertiary/aromatic N) is 3. The average Bonchev–Trinajstić information content (AvgIpc) is 2.80. The van der Waals surface area contributed by atoms with E-state index in [9.17, 15) is 0 Å². The van der Waals surface area contributed by atoms with Crippen LogP contribution in [0.3, 0.4) is 0 Å². The van der Waals surface area contributed by atoms with Crippen molar-refractivity contribution in [2.45, 2.75) is 0 Å². The van der Waals surface area contributed by atoms with E-state index in [-0.39, 0.29) is 0 Å². The van der Waals surface area contributed by atoms with Crippen LogP contribution in [0.5, 0.6) is 5.75 Å². The highest BCUT2D eigenvalue weighted by Gasteiger charge is 2.04. The first-order valence-corrected chi connectivity index (χ1v) is 5.51. The highest BCUT2D eigenvalue weighted by Crippen LogP contribution is 2.23. The van der Waals surface area contributed by atoms with Crippen LogP contribution in [0.2, 0.25) is 0 Å². The van der Waals surface area contributed by atoms with Gasteiger partial charge in [0.05, 0.1) is 13.3 Å². The number of hydrogen-bond donors (Lipinski definition) is 1. The Morgan fingerprint density at radius 3 is 2.83 bits per heavy atom. The number of aromatic nitrogens is 3. The van der Waals surface area contributed by atoms with Crippen molar-refractivity contribution >= 4 is 11.6 Å². The first-order valence-electron chi connectivity index (χ1n) is 5.51. The normalized spacial score (nSPS) is 10.7. The molecule has 2 heterocycles. The second-order valence-electron chi connectivity index (χ2n) is 3.93. The van der Waals surface area contributed by atoms with E-state index in [1.807, 2.05) is 30.5 Å². The minimum absolute atomic E-state index is 0.572. The highest BCUT2D eigenvalue weighted by atomic mass is 16.5. The molecule has 90 valence electrons. The lowest BCUT2D eigenvalue weighted by Gasteiger charge is -2.05. The second-order valence-corrected chi connectivity index (χ2v) is 3.93. The zero-order valence-electron chi connectivity index (χ0n) is 9.87. The van der Waals surface area contributed by atoms with Gasteiger partial charge in [-0.2, -0.15) is 0 Å². The minimum Gasteiger partial charge on any atom is -0.497 e. The summed E-state index contributed by atoms with van der Waals surface area (Å²) in [5.74, 6) is 1.98. The molecule has 1 aromatic carbocycles. The summed E-state index contributed by atoms with van der Waals surface area (Å²) in [6.45, 7) is 0. The lowest BCUT2D eigenvalue weighted by Crippen LogP contribution is -1.95. The summed E-state index contributed by atoms with van der Waals surface area (Å²) in [7, 11) is 1.65. The molecule has 0 bridgehead atoms. The van der Waals surface area contributed by atoms with Gasteiger partial charge in [0, 0.05) is 18.0 Å². The molecular weight excluding hydrogens is 228 g/mol. The highest BCUT2D eigenvalue weighted by molar-refractivity contribution is 5.65. The van der Waals surface area contributed by atoms with E-state index in [0.717, 1.165) is 16.9 Å². The van der Waals surface area contributed by atoms with Crippen molar-refractivity contribution in [1.29, 1.82) is 0 Å². The van der Waals surface area contributed by atoms with E-state index in [2.05, 4.69) is 9.97 Å². The number of imidazole rings is 1. The molecule has 0 spiro atoms. The standard InChI is InChI=1S/C13H12N4O/c1-18-11-4-2-3-9(5-11)10-6-15-13-16-7-12(14)17(13)8-10/h2-8H,14H2,1H3. The monoisotopic (exact) mass is 240 g/mol. The first kappa shape index (κ1) is 10.6. The third-order valence-corrected chi connectivity index (χ3v) is 2.80. The number of methoxy groups -OCH3 is 1. The third kappa shape index (κ3) is 1.66. The Morgan fingerprint density at radius 1 is 1.17 bits per heavy atom. The van der Waals surface area contributed by atoms with Crippen LogP contribution in [0, 0.1) is 0 Å². The first-order chi connectivity index (χ1) is 8.78. The van der Waals surface area contributed by atoms with E-state index in [1.165, 1.54) is 0 Å². The Morgan fingerprint density at radius 2 is 2.00 bits per heavy atom. The molecule has 5 nitrogen and oxygen atoms in total. The van der Waals surface area contributed by atoms with Crippen molar-refractivity contribution in [3.8, 4) is 16.9 Å². The molecule has 0 aliphatic carbocycles. The topological polar surface area (TPSA) is 65.4 Å². The molecule has 2 N–H and O–H groups in total. The van der Waals surface area contributed by atoms with Crippen molar-refractivity contribution < 1.29 is 4.74 Å². The van der Waals surface area contributed by atoms with Gasteiger partial charge in [-0.1, -0.05) is 12.1 Å². The van der Waals surface area contributed by atoms with Crippen LogP contribution < -0.4 is 10.5 Å². The van der Waals surface area contributed by atoms with Gasteiger partial charge in [0.1, 0.15) is 11.6 Å². The zero-order chi connectivity index (χ0) is 12.5. The van der Waals surface area contributed by atoms with Crippen molar-refractivity contribution in [3.05, 3.63) is 42.9 Å². The van der Waals surface area contributed by atoms with Gasteiger partial charge >= 0.3 is 0 Å². The summed E-state index contributed by atoms with van der Waals surface area (Å²) in [5.41, 5.74) is 7.80. The molecule has 5 heteroatoms. The molecule has 0 aliphatic heterocycles. The number of rotatable bonds is 2. The van der Waals surface area contributed by atoms with Gasteiger partial charge in [-0.05, 0) is 17.7 Å². The van der Waals surface area contributed by atoms with Crippen molar-refractivity contribution in [2.75, 3.05) is 12.8 Å². The van der Waals surface area contributed by atoms with Gasteiger partial charge in [0.15, 0.2) is 0 Å². The maximum absolute atomic E-state index is 5.82. The number of anilines is 1. The molecule has 0 unspecified atom stereocenters. The molecule has 3 aromatic rings. The zero-order valence-corrected chi connectivity index (χ0v) is 9.87. The van der Waals surface area contributed by atoms with Crippen molar-refractivity contribution in [3.63, 3.8) is 0 Å². The van der Waals surface area contributed by atoms with E-state index >= 15 is 0 Å². The molecule has 18 heavy (non-hydrogen) atoms. The van der Waals surface area contributed by atoms with E-state index in [0.29, 0.717) is 11.6 Å². The molecule has 0 radical (unpaired) electrons. The molecule has 0 atom stereocenters. The summed E-state index contributed by atoms with van der Waals surface area (Å²) in [5, 5.41) is 0. The Hall–Kier alpha value is -2.56. The van der Waals surface area contributed by atoms with Crippen LogP contribution in [0.4, 0.5) is 5.82 Å². The smallest absolute Gasteiger partial charge is 0.235 e. The maximum atomic E-state index is 5.82. The van der Waals surface area contributed by atoms with Gasteiger partial charge in [-0.25, -0.2) is 9.97 Å². The Kier molecular flexibility index (Phi) is 2.37. The Labute approximate surface area is 104 Å². The summed E-state index contributed by atoms with van der Waals surface area (Å²) >= 11 is 0. The molecule has 0 saturated carbocycles. The van der Waals surface area contributed by atoms with Gasteiger partial charge in [-0.3, -0.25) is 4.40 Å².